The van der Waals surface area contributed by atoms with Gasteiger partial charge in [-0.1, -0.05) is 11.6 Å². The minimum absolute atomic E-state index is 0.0996. The van der Waals surface area contributed by atoms with Crippen molar-refractivity contribution in [3.05, 3.63) is 49.9 Å². The van der Waals surface area contributed by atoms with Gasteiger partial charge < -0.3 is 24.7 Å². The molecule has 1 amide bonds. The summed E-state index contributed by atoms with van der Waals surface area (Å²) in [4.78, 5) is 31.7. The third kappa shape index (κ3) is 5.14. The number of piperidine rings is 1. The van der Waals surface area contributed by atoms with Crippen LogP contribution in [0.15, 0.2) is 21.8 Å². The Bertz CT molecular complexity index is 1360. The van der Waals surface area contributed by atoms with Crippen LogP contribution in [-0.2, 0) is 6.54 Å². The molecule has 5 rings (SSSR count). The van der Waals surface area contributed by atoms with E-state index in [1.807, 2.05) is 33.1 Å². The standard InChI is InChI=1S/C28H33ClN4O4S/c1-15-9-23(38-4)21(27(35)32-15)13-31-26(34)20-11-22(29)25-24(16(20)2)36-28(3,37-25)19-5-7-33(8-6-19)14-18-10-17(18)12-30/h9,11,17-19H,5-8,10,13-14H2,1-4H3,(H,31,34)(H,32,35)/t17?,18?,28-/m1/s1. The topological polar surface area (TPSA) is 107 Å². The molecule has 38 heavy (non-hydrogen) atoms. The predicted octanol–water partition coefficient (Wildman–Crippen LogP) is 4.66. The molecule has 1 saturated heterocycles. The SMILES string of the molecule is CSc1cc(C)[nH]c(=O)c1CNC(=O)c1cc(Cl)c2c(c1C)O[C@@](C)(C1CCN(CC3CC3C#N)CC1)O2. The minimum Gasteiger partial charge on any atom is -0.448 e. The van der Waals surface area contributed by atoms with Crippen molar-refractivity contribution >= 4 is 29.3 Å². The molecule has 0 radical (unpaired) electrons. The monoisotopic (exact) mass is 556 g/mol. The zero-order chi connectivity index (χ0) is 27.2. The van der Waals surface area contributed by atoms with E-state index in [9.17, 15) is 9.59 Å². The van der Waals surface area contributed by atoms with E-state index in [0.29, 0.717) is 39.1 Å². The summed E-state index contributed by atoms with van der Waals surface area (Å²) in [5.74, 6) is 0.680. The van der Waals surface area contributed by atoms with Crippen molar-refractivity contribution in [2.45, 2.75) is 57.3 Å². The number of thioether (sulfide) groups is 1. The van der Waals surface area contributed by atoms with Gasteiger partial charge in [-0.25, -0.2) is 0 Å². The highest BCUT2D eigenvalue weighted by Crippen LogP contribution is 2.51. The number of fused-ring (bicyclic) bond motifs is 1. The lowest BCUT2D eigenvalue weighted by Crippen LogP contribution is -2.49. The first kappa shape index (κ1) is 26.9. The third-order valence-electron chi connectivity index (χ3n) is 8.08. The molecule has 2 aromatic rings. The van der Waals surface area contributed by atoms with Crippen LogP contribution < -0.4 is 20.3 Å². The lowest BCUT2D eigenvalue weighted by atomic mass is 9.89. The van der Waals surface area contributed by atoms with Crippen molar-refractivity contribution in [1.82, 2.24) is 15.2 Å². The van der Waals surface area contributed by atoms with Gasteiger partial charge in [0.1, 0.15) is 0 Å². The number of aryl methyl sites for hydroxylation is 1. The summed E-state index contributed by atoms with van der Waals surface area (Å²) in [6, 6.07) is 5.88. The number of benzene rings is 1. The first-order chi connectivity index (χ1) is 18.1. The number of likely N-dealkylation sites (tertiary alicyclic amines) is 1. The summed E-state index contributed by atoms with van der Waals surface area (Å²) in [5, 5.41) is 12.3. The number of hydrogen-bond acceptors (Lipinski definition) is 7. The van der Waals surface area contributed by atoms with Crippen LogP contribution >= 0.6 is 23.4 Å². The maximum absolute atomic E-state index is 13.2. The van der Waals surface area contributed by atoms with Gasteiger partial charge in [-0.05, 0) is 70.5 Å². The highest BCUT2D eigenvalue weighted by Gasteiger charge is 2.48. The van der Waals surface area contributed by atoms with E-state index in [0.717, 1.165) is 49.5 Å². The van der Waals surface area contributed by atoms with E-state index in [-0.39, 0.29) is 29.8 Å². The summed E-state index contributed by atoms with van der Waals surface area (Å²) < 4.78 is 12.8. The lowest BCUT2D eigenvalue weighted by molar-refractivity contribution is -0.125. The van der Waals surface area contributed by atoms with E-state index >= 15 is 0 Å². The molecule has 1 aliphatic carbocycles. The van der Waals surface area contributed by atoms with Crippen LogP contribution in [0.5, 0.6) is 11.5 Å². The van der Waals surface area contributed by atoms with Gasteiger partial charge in [0.25, 0.3) is 17.3 Å². The lowest BCUT2D eigenvalue weighted by Gasteiger charge is -2.38. The Morgan fingerprint density at radius 3 is 2.66 bits per heavy atom. The molecule has 10 heteroatoms. The highest BCUT2D eigenvalue weighted by molar-refractivity contribution is 7.98. The molecule has 3 atom stereocenters. The van der Waals surface area contributed by atoms with Crippen LogP contribution in [0.1, 0.15) is 53.4 Å². The number of nitriles is 1. The molecule has 2 unspecified atom stereocenters. The maximum atomic E-state index is 13.2. The first-order valence-corrected chi connectivity index (χ1v) is 14.6. The molecule has 8 nitrogen and oxygen atoms in total. The Morgan fingerprint density at radius 2 is 2.00 bits per heavy atom. The molecule has 3 heterocycles. The molecular formula is C28H33ClN4O4S. The number of rotatable bonds is 7. The largest absolute Gasteiger partial charge is 0.448 e. The second kappa shape index (κ2) is 10.5. The van der Waals surface area contributed by atoms with Crippen LogP contribution in [0, 0.1) is 42.9 Å². The Hall–Kier alpha value is -2.67. The van der Waals surface area contributed by atoms with Crippen molar-refractivity contribution in [3.8, 4) is 17.6 Å². The van der Waals surface area contributed by atoms with Crippen molar-refractivity contribution in [3.63, 3.8) is 0 Å². The van der Waals surface area contributed by atoms with Crippen molar-refractivity contribution in [2.24, 2.45) is 17.8 Å². The van der Waals surface area contributed by atoms with Gasteiger partial charge in [0.2, 0.25) is 0 Å². The van der Waals surface area contributed by atoms with Crippen LogP contribution in [-0.4, -0.2) is 47.5 Å². The van der Waals surface area contributed by atoms with Crippen molar-refractivity contribution in [2.75, 3.05) is 25.9 Å². The van der Waals surface area contributed by atoms with Gasteiger partial charge in [-0.15, -0.1) is 11.8 Å². The molecule has 2 N–H and O–H groups in total. The number of halogens is 1. The summed E-state index contributed by atoms with van der Waals surface area (Å²) in [5.41, 5.74) is 2.13. The average Bonchev–Trinajstić information content (AvgIpc) is 3.54. The Kier molecular flexibility index (Phi) is 7.42. The van der Waals surface area contributed by atoms with E-state index < -0.39 is 5.79 Å². The second-order valence-electron chi connectivity index (χ2n) is 10.7. The zero-order valence-electron chi connectivity index (χ0n) is 22.2. The van der Waals surface area contributed by atoms with Crippen molar-refractivity contribution in [1.29, 1.82) is 5.26 Å². The summed E-state index contributed by atoms with van der Waals surface area (Å²) in [6.07, 6.45) is 4.76. The molecule has 202 valence electrons. The molecule has 3 aliphatic rings. The number of amides is 1. The fourth-order valence-electron chi connectivity index (χ4n) is 5.63. The number of pyridine rings is 1. The molecular weight excluding hydrogens is 524 g/mol. The fraction of sp³-hybridized carbons (Fsp3) is 0.536. The zero-order valence-corrected chi connectivity index (χ0v) is 23.7. The predicted molar refractivity (Wildman–Crippen MR) is 147 cm³/mol. The number of aromatic amines is 1. The third-order valence-corrected chi connectivity index (χ3v) is 9.16. The van der Waals surface area contributed by atoms with Crippen LogP contribution in [0.2, 0.25) is 5.02 Å². The van der Waals surface area contributed by atoms with Gasteiger partial charge in [0.15, 0.2) is 11.5 Å². The Balaban J connectivity index is 1.27. The van der Waals surface area contributed by atoms with E-state index in [1.165, 1.54) is 11.8 Å². The van der Waals surface area contributed by atoms with E-state index in [4.69, 9.17) is 26.3 Å². The van der Waals surface area contributed by atoms with Gasteiger partial charge >= 0.3 is 0 Å². The molecule has 0 spiro atoms. The summed E-state index contributed by atoms with van der Waals surface area (Å²) in [7, 11) is 0. The maximum Gasteiger partial charge on any atom is 0.254 e. The van der Waals surface area contributed by atoms with Crippen LogP contribution in [0.25, 0.3) is 0 Å². The molecule has 0 bridgehead atoms. The first-order valence-electron chi connectivity index (χ1n) is 13.0. The van der Waals surface area contributed by atoms with Gasteiger partial charge in [-0.3, -0.25) is 9.59 Å². The molecule has 1 saturated carbocycles. The van der Waals surface area contributed by atoms with Gasteiger partial charge in [0, 0.05) is 53.2 Å². The smallest absolute Gasteiger partial charge is 0.254 e. The summed E-state index contributed by atoms with van der Waals surface area (Å²) >= 11 is 8.07. The average molecular weight is 557 g/mol. The Labute approximate surface area is 232 Å². The molecule has 1 aromatic carbocycles. The number of carbonyl (C=O) groups excluding carboxylic acids is 1. The second-order valence-corrected chi connectivity index (χ2v) is 12.0. The van der Waals surface area contributed by atoms with Gasteiger partial charge in [-0.2, -0.15) is 5.26 Å². The van der Waals surface area contributed by atoms with Crippen LogP contribution in [0.4, 0.5) is 0 Å². The highest BCUT2D eigenvalue weighted by atomic mass is 35.5. The van der Waals surface area contributed by atoms with Crippen molar-refractivity contribution < 1.29 is 14.3 Å². The van der Waals surface area contributed by atoms with E-state index in [2.05, 4.69) is 21.3 Å². The number of aromatic nitrogens is 1. The Morgan fingerprint density at radius 1 is 1.29 bits per heavy atom. The number of nitrogens with one attached hydrogen (secondary N) is 2. The summed E-state index contributed by atoms with van der Waals surface area (Å²) in [6.45, 7) is 8.57. The van der Waals surface area contributed by atoms with Gasteiger partial charge in [0.05, 0.1) is 17.0 Å². The number of hydrogen-bond donors (Lipinski definition) is 2. The van der Waals surface area contributed by atoms with Crippen LogP contribution in [0.3, 0.4) is 0 Å². The number of H-pyrrole nitrogens is 1. The number of nitrogens with zero attached hydrogens (tertiary/aromatic N) is 2. The van der Waals surface area contributed by atoms with E-state index in [1.54, 1.807) is 6.07 Å². The normalized spacial score (nSPS) is 24.7. The molecule has 2 aliphatic heterocycles. The quantitative estimate of drug-likeness (QED) is 0.478. The number of carbonyl (C=O) groups is 1. The fourth-order valence-corrected chi connectivity index (χ4v) is 6.57. The molecule has 2 fully saturated rings. The number of ether oxygens (including phenoxy) is 2. The minimum atomic E-state index is -0.866. The molecule has 1 aromatic heterocycles.